The number of ether oxygens (including phenoxy) is 2. The molecule has 0 saturated heterocycles. The Labute approximate surface area is 128 Å². The highest BCUT2D eigenvalue weighted by Gasteiger charge is 2.07. The lowest BCUT2D eigenvalue weighted by molar-refractivity contribution is 0.269. The van der Waals surface area contributed by atoms with Gasteiger partial charge in [-0.1, -0.05) is 35.0 Å². The zero-order chi connectivity index (χ0) is 15.1. The Morgan fingerprint density at radius 3 is 2.67 bits per heavy atom. The summed E-state index contributed by atoms with van der Waals surface area (Å²) in [6.45, 7) is 2.76. The molecule has 21 heavy (non-hydrogen) atoms. The summed E-state index contributed by atoms with van der Waals surface area (Å²) in [5.41, 5.74) is 1.63. The van der Waals surface area contributed by atoms with Crippen LogP contribution in [0.2, 0.25) is 5.02 Å². The fourth-order valence-corrected chi connectivity index (χ4v) is 2.02. The van der Waals surface area contributed by atoms with E-state index in [0.717, 1.165) is 11.1 Å². The maximum Gasteiger partial charge on any atom is 0.161 e. The van der Waals surface area contributed by atoms with Crippen molar-refractivity contribution in [3.05, 3.63) is 58.6 Å². The van der Waals surface area contributed by atoms with Crippen molar-refractivity contribution in [1.29, 1.82) is 0 Å². The zero-order valence-electron chi connectivity index (χ0n) is 11.6. The highest BCUT2D eigenvalue weighted by molar-refractivity contribution is 6.31. The first-order chi connectivity index (χ1) is 10.2. The van der Waals surface area contributed by atoms with Gasteiger partial charge in [-0.2, -0.15) is 0 Å². The number of hydrogen-bond donors (Lipinski definition) is 1. The van der Waals surface area contributed by atoms with Crippen LogP contribution >= 0.6 is 11.6 Å². The molecule has 4 nitrogen and oxygen atoms in total. The molecule has 0 aliphatic carbocycles. The maximum atomic E-state index is 8.58. The maximum absolute atomic E-state index is 8.58. The molecule has 0 aliphatic rings. The fraction of sp³-hybridized carbons (Fsp3) is 0.188. The van der Waals surface area contributed by atoms with Gasteiger partial charge in [0, 0.05) is 16.1 Å². The summed E-state index contributed by atoms with van der Waals surface area (Å²) >= 11 is 6.10. The van der Waals surface area contributed by atoms with E-state index in [0.29, 0.717) is 29.7 Å². The van der Waals surface area contributed by atoms with Crippen LogP contribution in [0.25, 0.3) is 0 Å². The Balaban J connectivity index is 2.17. The third-order valence-corrected chi connectivity index (χ3v) is 3.18. The van der Waals surface area contributed by atoms with Crippen LogP contribution in [-0.2, 0) is 6.61 Å². The van der Waals surface area contributed by atoms with Gasteiger partial charge in [-0.05, 0) is 31.2 Å². The van der Waals surface area contributed by atoms with Crippen LogP contribution < -0.4 is 9.47 Å². The van der Waals surface area contributed by atoms with Crippen molar-refractivity contribution in [2.45, 2.75) is 13.5 Å². The number of hydrogen-bond acceptors (Lipinski definition) is 4. The van der Waals surface area contributed by atoms with E-state index in [-0.39, 0.29) is 0 Å². The third kappa shape index (κ3) is 4.13. The molecule has 5 heteroatoms. The molecule has 0 aromatic heterocycles. The van der Waals surface area contributed by atoms with Crippen molar-refractivity contribution in [3.63, 3.8) is 0 Å². The molecule has 0 aliphatic heterocycles. The molecule has 0 amide bonds. The Hall–Kier alpha value is -2.20. The lowest BCUT2D eigenvalue weighted by Crippen LogP contribution is -2.00. The van der Waals surface area contributed by atoms with Crippen molar-refractivity contribution in [1.82, 2.24) is 0 Å². The molecule has 0 heterocycles. The van der Waals surface area contributed by atoms with Crippen LogP contribution in [0.5, 0.6) is 11.5 Å². The number of halogens is 1. The molecular weight excluding hydrogens is 290 g/mol. The Kier molecular flexibility index (Phi) is 5.46. The van der Waals surface area contributed by atoms with Gasteiger partial charge in [-0.3, -0.25) is 0 Å². The van der Waals surface area contributed by atoms with E-state index < -0.39 is 0 Å². The number of benzene rings is 2. The van der Waals surface area contributed by atoms with Gasteiger partial charge >= 0.3 is 0 Å². The minimum absolute atomic E-state index is 0.354. The summed E-state index contributed by atoms with van der Waals surface area (Å²) in [7, 11) is 0. The van der Waals surface area contributed by atoms with Gasteiger partial charge in [-0.25, -0.2) is 0 Å². The van der Waals surface area contributed by atoms with E-state index in [1.165, 1.54) is 6.21 Å². The smallest absolute Gasteiger partial charge is 0.161 e. The summed E-state index contributed by atoms with van der Waals surface area (Å²) < 4.78 is 11.3. The predicted octanol–water partition coefficient (Wildman–Crippen LogP) is 4.13. The Morgan fingerprint density at radius 1 is 1.14 bits per heavy atom. The largest absolute Gasteiger partial charge is 0.490 e. The summed E-state index contributed by atoms with van der Waals surface area (Å²) in [6.07, 6.45) is 1.33. The van der Waals surface area contributed by atoms with Gasteiger partial charge in [0.25, 0.3) is 0 Å². The van der Waals surface area contributed by atoms with Crippen molar-refractivity contribution in [3.8, 4) is 11.5 Å². The van der Waals surface area contributed by atoms with Gasteiger partial charge in [0.15, 0.2) is 11.5 Å². The van der Waals surface area contributed by atoms with Gasteiger partial charge in [0.1, 0.15) is 6.61 Å². The van der Waals surface area contributed by atoms with E-state index in [1.54, 1.807) is 18.2 Å². The summed E-state index contributed by atoms with van der Waals surface area (Å²) in [5, 5.41) is 12.2. The average Bonchev–Trinajstić information content (AvgIpc) is 2.49. The first-order valence-electron chi connectivity index (χ1n) is 6.55. The van der Waals surface area contributed by atoms with E-state index in [4.69, 9.17) is 26.3 Å². The number of nitrogens with zero attached hydrogens (tertiary/aromatic N) is 1. The minimum Gasteiger partial charge on any atom is -0.490 e. The topological polar surface area (TPSA) is 51.0 Å². The molecule has 0 spiro atoms. The van der Waals surface area contributed by atoms with Crippen LogP contribution in [0.3, 0.4) is 0 Å². The first kappa shape index (κ1) is 15.2. The highest BCUT2D eigenvalue weighted by Crippen LogP contribution is 2.29. The monoisotopic (exact) mass is 305 g/mol. The summed E-state index contributed by atoms with van der Waals surface area (Å²) in [4.78, 5) is 0. The molecule has 2 aromatic rings. The molecule has 1 N–H and O–H groups in total. The van der Waals surface area contributed by atoms with Gasteiger partial charge in [0.2, 0.25) is 0 Å². The van der Waals surface area contributed by atoms with Crippen molar-refractivity contribution >= 4 is 17.8 Å². The molecule has 0 fully saturated rings. The van der Waals surface area contributed by atoms with E-state index >= 15 is 0 Å². The molecule has 110 valence electrons. The van der Waals surface area contributed by atoms with Crippen molar-refractivity contribution in [2.75, 3.05) is 6.61 Å². The van der Waals surface area contributed by atoms with E-state index in [9.17, 15) is 0 Å². The molecule has 2 rings (SSSR count). The van der Waals surface area contributed by atoms with E-state index in [2.05, 4.69) is 5.16 Å². The van der Waals surface area contributed by atoms with Gasteiger partial charge in [0.05, 0.1) is 12.8 Å². The summed E-state index contributed by atoms with van der Waals surface area (Å²) in [6, 6.07) is 12.8. The number of oxime groups is 1. The van der Waals surface area contributed by atoms with Crippen molar-refractivity contribution < 1.29 is 14.7 Å². The predicted molar refractivity (Wildman–Crippen MR) is 82.8 cm³/mol. The second-order valence-electron chi connectivity index (χ2n) is 4.26. The highest BCUT2D eigenvalue weighted by atomic mass is 35.5. The van der Waals surface area contributed by atoms with E-state index in [1.807, 2.05) is 31.2 Å². The Morgan fingerprint density at radius 2 is 1.95 bits per heavy atom. The van der Waals surface area contributed by atoms with Crippen LogP contribution in [0.4, 0.5) is 0 Å². The van der Waals surface area contributed by atoms with Crippen LogP contribution in [-0.4, -0.2) is 18.0 Å². The second-order valence-corrected chi connectivity index (χ2v) is 4.67. The summed E-state index contributed by atoms with van der Waals surface area (Å²) in [5.74, 6) is 1.22. The van der Waals surface area contributed by atoms with Gasteiger partial charge in [-0.15, -0.1) is 0 Å². The van der Waals surface area contributed by atoms with Gasteiger partial charge < -0.3 is 14.7 Å². The van der Waals surface area contributed by atoms with Crippen LogP contribution in [0.1, 0.15) is 18.1 Å². The quantitative estimate of drug-likeness (QED) is 0.496. The Bertz CT molecular complexity index is 629. The zero-order valence-corrected chi connectivity index (χ0v) is 12.4. The first-order valence-corrected chi connectivity index (χ1v) is 6.93. The fourth-order valence-electron chi connectivity index (χ4n) is 1.83. The lowest BCUT2D eigenvalue weighted by atomic mass is 10.2. The molecule has 0 unspecified atom stereocenters. The molecule has 0 bridgehead atoms. The molecular formula is C16H16ClNO3. The standard InChI is InChI=1S/C16H16ClNO3/c1-2-20-16-9-12(10-18-19)7-8-15(16)21-11-13-5-3-4-6-14(13)17/h3-10,19H,2,11H2,1H3/b18-10-. The SMILES string of the molecule is CCOc1cc(/C=N\O)ccc1OCc1ccccc1Cl. The average molecular weight is 306 g/mol. The lowest BCUT2D eigenvalue weighted by Gasteiger charge is -2.13. The van der Waals surface area contributed by atoms with Crippen molar-refractivity contribution in [2.24, 2.45) is 5.16 Å². The third-order valence-electron chi connectivity index (χ3n) is 2.82. The second kappa shape index (κ2) is 7.55. The van der Waals surface area contributed by atoms with Crippen LogP contribution in [0, 0.1) is 0 Å². The van der Waals surface area contributed by atoms with Crippen LogP contribution in [0.15, 0.2) is 47.6 Å². The number of rotatable bonds is 6. The molecule has 2 aromatic carbocycles. The molecule has 0 radical (unpaired) electrons. The minimum atomic E-state index is 0.354. The molecule has 0 atom stereocenters. The normalized spacial score (nSPS) is 10.8. The molecule has 0 saturated carbocycles.